The molecule has 0 amide bonds. The lowest BCUT2D eigenvalue weighted by atomic mass is 10.4. The second-order valence-electron chi connectivity index (χ2n) is 3.54. The molecule has 0 aliphatic rings. The maximum Gasteiger partial charge on any atom is 0.322 e. The van der Waals surface area contributed by atoms with Crippen LogP contribution in [0.2, 0.25) is 4.34 Å². The molecule has 96 valence electrons. The third-order valence-corrected chi connectivity index (χ3v) is 3.38. The Kier molecular flexibility index (Phi) is 3.83. The zero-order valence-corrected chi connectivity index (χ0v) is 11.5. The van der Waals surface area contributed by atoms with Gasteiger partial charge in [-0.1, -0.05) is 11.6 Å². The maximum atomic E-state index is 5.88. The minimum atomic E-state index is 0.132. The lowest BCUT2D eigenvalue weighted by Gasteiger charge is -2.16. The van der Waals surface area contributed by atoms with E-state index in [1.807, 2.05) is 24.1 Å². The van der Waals surface area contributed by atoms with Gasteiger partial charge >= 0.3 is 6.01 Å². The largest absolute Gasteiger partial charge is 0.467 e. The van der Waals surface area contributed by atoms with Crippen LogP contribution in [0.4, 0.5) is 11.9 Å². The van der Waals surface area contributed by atoms with Crippen molar-refractivity contribution in [3.05, 3.63) is 21.3 Å². The fraction of sp³-hybridized carbons (Fsp3) is 0.300. The van der Waals surface area contributed by atoms with Crippen molar-refractivity contribution in [2.24, 2.45) is 0 Å². The molecule has 0 aromatic carbocycles. The normalized spacial score (nSPS) is 10.4. The van der Waals surface area contributed by atoms with Crippen molar-refractivity contribution >= 4 is 34.8 Å². The van der Waals surface area contributed by atoms with Crippen molar-refractivity contribution in [2.45, 2.75) is 6.54 Å². The Hall–Kier alpha value is -1.60. The van der Waals surface area contributed by atoms with E-state index in [0.29, 0.717) is 12.5 Å². The highest BCUT2D eigenvalue weighted by atomic mass is 35.5. The van der Waals surface area contributed by atoms with Crippen molar-refractivity contribution in [2.75, 3.05) is 24.8 Å². The van der Waals surface area contributed by atoms with Crippen LogP contribution in [0, 0.1) is 0 Å². The van der Waals surface area contributed by atoms with E-state index in [4.69, 9.17) is 22.1 Å². The summed E-state index contributed by atoms with van der Waals surface area (Å²) in [5.41, 5.74) is 5.58. The van der Waals surface area contributed by atoms with E-state index < -0.39 is 0 Å². The second-order valence-corrected chi connectivity index (χ2v) is 5.34. The van der Waals surface area contributed by atoms with Crippen molar-refractivity contribution in [3.8, 4) is 6.01 Å². The van der Waals surface area contributed by atoms with Crippen molar-refractivity contribution in [3.63, 3.8) is 0 Å². The van der Waals surface area contributed by atoms with Gasteiger partial charge in [0, 0.05) is 11.9 Å². The topological polar surface area (TPSA) is 77.2 Å². The van der Waals surface area contributed by atoms with Gasteiger partial charge in [0.1, 0.15) is 0 Å². The monoisotopic (exact) mass is 285 g/mol. The van der Waals surface area contributed by atoms with E-state index in [-0.39, 0.29) is 12.0 Å². The van der Waals surface area contributed by atoms with Crippen LogP contribution in [-0.2, 0) is 6.54 Å². The third kappa shape index (κ3) is 2.99. The van der Waals surface area contributed by atoms with E-state index in [0.717, 1.165) is 9.21 Å². The highest BCUT2D eigenvalue weighted by molar-refractivity contribution is 7.16. The van der Waals surface area contributed by atoms with Crippen LogP contribution in [0.25, 0.3) is 0 Å². The summed E-state index contributed by atoms with van der Waals surface area (Å²) in [7, 11) is 3.35. The number of hydrogen-bond donors (Lipinski definition) is 1. The zero-order chi connectivity index (χ0) is 13.1. The molecule has 0 atom stereocenters. The SMILES string of the molecule is COc1nc(N)nc(N(C)Cc2ccc(Cl)s2)n1. The van der Waals surface area contributed by atoms with Crippen LogP contribution < -0.4 is 15.4 Å². The van der Waals surface area contributed by atoms with Crippen LogP contribution in [0.3, 0.4) is 0 Å². The first-order valence-electron chi connectivity index (χ1n) is 5.09. The first kappa shape index (κ1) is 12.8. The molecule has 2 N–H and O–H groups in total. The van der Waals surface area contributed by atoms with Crippen molar-refractivity contribution in [1.82, 2.24) is 15.0 Å². The first-order chi connectivity index (χ1) is 8.58. The summed E-state index contributed by atoms with van der Waals surface area (Å²) >= 11 is 7.40. The zero-order valence-electron chi connectivity index (χ0n) is 9.92. The molecule has 0 bridgehead atoms. The highest BCUT2D eigenvalue weighted by Gasteiger charge is 2.10. The number of aromatic nitrogens is 3. The van der Waals surface area contributed by atoms with Gasteiger partial charge in [0.05, 0.1) is 18.0 Å². The summed E-state index contributed by atoms with van der Waals surface area (Å²) in [6.07, 6.45) is 0. The Balaban J connectivity index is 2.17. The van der Waals surface area contributed by atoms with Gasteiger partial charge in [-0.05, 0) is 12.1 Å². The molecule has 0 radical (unpaired) electrons. The number of halogens is 1. The Morgan fingerprint density at radius 2 is 2.17 bits per heavy atom. The average Bonchev–Trinajstić information content (AvgIpc) is 2.73. The Morgan fingerprint density at radius 1 is 1.39 bits per heavy atom. The quantitative estimate of drug-likeness (QED) is 0.923. The van der Waals surface area contributed by atoms with E-state index >= 15 is 0 Å². The first-order valence-corrected chi connectivity index (χ1v) is 6.29. The summed E-state index contributed by atoms with van der Waals surface area (Å²) in [5.74, 6) is 0.594. The van der Waals surface area contributed by atoms with Crippen LogP contribution >= 0.6 is 22.9 Å². The number of nitrogen functional groups attached to an aromatic ring is 1. The molecule has 6 nitrogen and oxygen atoms in total. The van der Waals surface area contributed by atoms with Gasteiger partial charge in [-0.25, -0.2) is 0 Å². The molecule has 0 spiro atoms. The number of hydrogen-bond acceptors (Lipinski definition) is 7. The fourth-order valence-electron chi connectivity index (χ4n) is 1.36. The van der Waals surface area contributed by atoms with Gasteiger partial charge in [-0.2, -0.15) is 15.0 Å². The molecule has 0 fully saturated rings. The molecule has 0 aliphatic heterocycles. The maximum absolute atomic E-state index is 5.88. The molecule has 2 aromatic heterocycles. The fourth-order valence-corrected chi connectivity index (χ4v) is 2.51. The molecule has 0 saturated heterocycles. The van der Waals surface area contributed by atoms with Crippen molar-refractivity contribution in [1.29, 1.82) is 0 Å². The van der Waals surface area contributed by atoms with Crippen LogP contribution in [0.1, 0.15) is 4.88 Å². The molecule has 0 saturated carbocycles. The molecule has 8 heteroatoms. The lowest BCUT2D eigenvalue weighted by Crippen LogP contribution is -2.19. The lowest BCUT2D eigenvalue weighted by molar-refractivity contribution is 0.379. The van der Waals surface area contributed by atoms with Crippen LogP contribution in [0.15, 0.2) is 12.1 Å². The van der Waals surface area contributed by atoms with Gasteiger partial charge in [0.15, 0.2) is 0 Å². The molecular formula is C10H12ClN5OS. The van der Waals surface area contributed by atoms with Gasteiger partial charge in [0.2, 0.25) is 11.9 Å². The summed E-state index contributed by atoms with van der Waals surface area (Å²) in [5, 5.41) is 0. The Labute approximate surface area is 113 Å². The smallest absolute Gasteiger partial charge is 0.322 e. The minimum absolute atomic E-state index is 0.132. The van der Waals surface area contributed by atoms with Crippen molar-refractivity contribution < 1.29 is 4.74 Å². The summed E-state index contributed by atoms with van der Waals surface area (Å²) in [6, 6.07) is 4.02. The molecule has 18 heavy (non-hydrogen) atoms. The van der Waals surface area contributed by atoms with Gasteiger partial charge < -0.3 is 15.4 Å². The Morgan fingerprint density at radius 3 is 2.78 bits per heavy atom. The summed E-state index contributed by atoms with van der Waals surface area (Å²) < 4.78 is 5.71. The molecule has 2 heterocycles. The number of nitrogens with zero attached hydrogens (tertiary/aromatic N) is 4. The van der Waals surface area contributed by atoms with Gasteiger partial charge in [0.25, 0.3) is 0 Å². The highest BCUT2D eigenvalue weighted by Crippen LogP contribution is 2.23. The van der Waals surface area contributed by atoms with E-state index in [9.17, 15) is 0 Å². The van der Waals surface area contributed by atoms with Gasteiger partial charge in [-0.15, -0.1) is 11.3 Å². The van der Waals surface area contributed by atoms with Crippen LogP contribution in [0.5, 0.6) is 6.01 Å². The molecule has 0 unspecified atom stereocenters. The van der Waals surface area contributed by atoms with Gasteiger partial charge in [-0.3, -0.25) is 0 Å². The standard InChI is InChI=1S/C10H12ClN5OS/c1-16(5-6-3-4-7(11)18-6)9-13-8(12)14-10(15-9)17-2/h3-4H,5H2,1-2H3,(H2,12,13,14,15). The number of rotatable bonds is 4. The average molecular weight is 286 g/mol. The number of anilines is 2. The van der Waals surface area contributed by atoms with E-state index in [1.54, 1.807) is 0 Å². The molecule has 0 aliphatic carbocycles. The number of ether oxygens (including phenoxy) is 1. The molecule has 2 aromatic rings. The third-order valence-electron chi connectivity index (χ3n) is 2.17. The van der Waals surface area contributed by atoms with Crippen LogP contribution in [-0.4, -0.2) is 29.1 Å². The number of nitrogens with two attached hydrogens (primary N) is 1. The molecular weight excluding hydrogens is 274 g/mol. The van der Waals surface area contributed by atoms with E-state index in [2.05, 4.69) is 15.0 Å². The summed E-state index contributed by atoms with van der Waals surface area (Å²) in [4.78, 5) is 15.0. The predicted octanol–water partition coefficient (Wildman–Crippen LogP) is 1.81. The Bertz CT molecular complexity index is 547. The summed E-state index contributed by atoms with van der Waals surface area (Å²) in [6.45, 7) is 0.643. The number of thiophene rings is 1. The number of methoxy groups -OCH3 is 1. The second kappa shape index (κ2) is 5.36. The molecule has 2 rings (SSSR count). The predicted molar refractivity (Wildman–Crippen MR) is 72.2 cm³/mol. The van der Waals surface area contributed by atoms with E-state index in [1.165, 1.54) is 18.4 Å². The minimum Gasteiger partial charge on any atom is -0.467 e.